The highest BCUT2D eigenvalue weighted by Gasteiger charge is 2.14. The normalized spacial score (nSPS) is 13.6. The summed E-state index contributed by atoms with van der Waals surface area (Å²) in [6, 6.07) is 14.2. The molecular formula is C32H41ClN4. The number of halogens is 1. The van der Waals surface area contributed by atoms with Gasteiger partial charge in [-0.1, -0.05) is 75.0 Å². The number of allylic oxidation sites excluding steroid dienone is 1. The molecule has 4 rings (SSSR count). The minimum absolute atomic E-state index is 0.706. The summed E-state index contributed by atoms with van der Waals surface area (Å²) in [4.78, 5) is 9.61. The number of rotatable bonds is 9. The monoisotopic (exact) mass is 516 g/mol. The molecule has 0 spiro atoms. The second kappa shape index (κ2) is 14.0. The van der Waals surface area contributed by atoms with Gasteiger partial charge in [0.05, 0.1) is 16.2 Å². The average Bonchev–Trinajstić information content (AvgIpc) is 2.91. The number of likely N-dealkylation sites (N-methyl/N-ethyl adjacent to an activating group) is 1. The molecule has 0 amide bonds. The van der Waals surface area contributed by atoms with Crippen LogP contribution in [0, 0.1) is 6.92 Å². The first-order chi connectivity index (χ1) is 17.9. The lowest BCUT2D eigenvalue weighted by Crippen LogP contribution is -2.43. The van der Waals surface area contributed by atoms with Crippen molar-refractivity contribution in [3.05, 3.63) is 95.8 Å². The van der Waals surface area contributed by atoms with Gasteiger partial charge in [-0.15, -0.1) is 0 Å². The van der Waals surface area contributed by atoms with E-state index >= 15 is 0 Å². The van der Waals surface area contributed by atoms with Gasteiger partial charge in [0.25, 0.3) is 0 Å². The summed E-state index contributed by atoms with van der Waals surface area (Å²) in [7, 11) is 2.19. The van der Waals surface area contributed by atoms with Crippen LogP contribution in [0.2, 0.25) is 5.02 Å². The van der Waals surface area contributed by atoms with Crippen LogP contribution < -0.4 is 5.32 Å². The van der Waals surface area contributed by atoms with E-state index in [9.17, 15) is 0 Å². The van der Waals surface area contributed by atoms with Gasteiger partial charge in [-0.05, 0) is 67.9 Å². The highest BCUT2D eigenvalue weighted by Crippen LogP contribution is 2.30. The Morgan fingerprint density at radius 2 is 1.84 bits per heavy atom. The molecule has 1 saturated heterocycles. The number of hydrogen-bond donors (Lipinski definition) is 1. The summed E-state index contributed by atoms with van der Waals surface area (Å²) < 4.78 is 0. The predicted octanol–water partition coefficient (Wildman–Crippen LogP) is 7.68. The molecule has 1 aliphatic rings. The first-order valence-electron chi connectivity index (χ1n) is 13.1. The number of unbranched alkanes of at least 4 members (excludes halogenated alkanes) is 1. The summed E-state index contributed by atoms with van der Waals surface area (Å²) in [6.45, 7) is 21.4. The van der Waals surface area contributed by atoms with E-state index in [1.807, 2.05) is 30.3 Å². The Labute approximate surface area is 228 Å². The molecule has 1 fully saturated rings. The number of aryl methyl sites for hydroxylation is 1. The van der Waals surface area contributed by atoms with Gasteiger partial charge in [0.1, 0.15) is 0 Å². The molecule has 1 aromatic heterocycles. The fraction of sp³-hybridized carbons (Fsp3) is 0.344. The van der Waals surface area contributed by atoms with Crippen molar-refractivity contribution >= 4 is 28.6 Å². The maximum Gasteiger partial charge on any atom is 0.0730 e. The van der Waals surface area contributed by atoms with Crippen molar-refractivity contribution in [2.75, 3.05) is 33.2 Å². The van der Waals surface area contributed by atoms with Crippen molar-refractivity contribution in [2.24, 2.45) is 0 Å². The van der Waals surface area contributed by atoms with E-state index in [1.54, 1.807) is 6.20 Å². The number of hydrogen-bond acceptors (Lipinski definition) is 4. The van der Waals surface area contributed by atoms with Gasteiger partial charge < -0.3 is 15.1 Å². The average molecular weight is 517 g/mol. The zero-order chi connectivity index (χ0) is 26.8. The lowest BCUT2D eigenvalue weighted by atomic mass is 10.0. The molecule has 0 saturated carbocycles. The molecule has 4 nitrogen and oxygen atoms in total. The molecule has 0 aliphatic carbocycles. The highest BCUT2D eigenvalue weighted by atomic mass is 35.5. The summed E-state index contributed by atoms with van der Waals surface area (Å²) in [6.07, 6.45) is 7.25. The fourth-order valence-electron chi connectivity index (χ4n) is 4.34. The Hall–Kier alpha value is -3.08. The number of piperazine rings is 1. The number of nitrogens with zero attached hydrogens (tertiary/aromatic N) is 3. The Balaban J connectivity index is 0.000000248. The molecule has 196 valence electrons. The maximum absolute atomic E-state index is 6.47. The molecule has 2 aromatic carbocycles. The maximum atomic E-state index is 6.47. The van der Waals surface area contributed by atoms with Gasteiger partial charge in [-0.2, -0.15) is 0 Å². The quantitative estimate of drug-likeness (QED) is 0.316. The molecule has 5 heteroatoms. The van der Waals surface area contributed by atoms with Crippen LogP contribution in [-0.4, -0.2) is 48.0 Å². The number of nitrogens with one attached hydrogen (secondary N) is 1. The van der Waals surface area contributed by atoms with Crippen molar-refractivity contribution in [1.82, 2.24) is 20.1 Å². The van der Waals surface area contributed by atoms with Crippen LogP contribution in [0.1, 0.15) is 42.9 Å². The van der Waals surface area contributed by atoms with Crippen LogP contribution in [0.3, 0.4) is 0 Å². The lowest BCUT2D eigenvalue weighted by molar-refractivity contribution is 0.182. The first-order valence-corrected chi connectivity index (χ1v) is 13.5. The first kappa shape index (κ1) is 28.5. The van der Waals surface area contributed by atoms with Gasteiger partial charge in [-0.25, -0.2) is 4.98 Å². The van der Waals surface area contributed by atoms with E-state index in [4.69, 9.17) is 16.6 Å². The van der Waals surface area contributed by atoms with E-state index < -0.39 is 0 Å². The number of pyridine rings is 1. The minimum Gasteiger partial charge on any atom is -0.387 e. The Kier molecular flexibility index (Phi) is 10.8. The Morgan fingerprint density at radius 1 is 1.08 bits per heavy atom. The van der Waals surface area contributed by atoms with Crippen LogP contribution in [-0.2, 0) is 6.54 Å². The van der Waals surface area contributed by atoms with Crippen molar-refractivity contribution in [2.45, 2.75) is 39.7 Å². The topological polar surface area (TPSA) is 31.4 Å². The van der Waals surface area contributed by atoms with E-state index in [0.717, 1.165) is 34.3 Å². The zero-order valence-corrected chi connectivity index (χ0v) is 23.4. The minimum atomic E-state index is 0.706. The molecule has 1 N–H and O–H groups in total. The summed E-state index contributed by atoms with van der Waals surface area (Å²) >= 11 is 6.47. The smallest absolute Gasteiger partial charge is 0.0730 e. The SMILES string of the molecule is C=C(CCCC)N1CCN(C)CC1.C=CNCc1cc(-c2cc(Cl)c3ccc(C=C)cc3n2)ccc1C. The van der Waals surface area contributed by atoms with Gasteiger partial charge in [0.15, 0.2) is 0 Å². The van der Waals surface area contributed by atoms with E-state index in [2.05, 4.69) is 73.9 Å². The van der Waals surface area contributed by atoms with Gasteiger partial charge in [0, 0.05) is 49.4 Å². The molecule has 37 heavy (non-hydrogen) atoms. The molecule has 0 radical (unpaired) electrons. The van der Waals surface area contributed by atoms with Crippen molar-refractivity contribution in [3.8, 4) is 11.3 Å². The van der Waals surface area contributed by atoms with Crippen LogP contribution in [0.25, 0.3) is 28.2 Å². The molecule has 2 heterocycles. The molecular weight excluding hydrogens is 476 g/mol. The number of benzene rings is 2. The van der Waals surface area contributed by atoms with Crippen molar-refractivity contribution < 1.29 is 0 Å². The summed E-state index contributed by atoms with van der Waals surface area (Å²) in [5.41, 5.74) is 7.61. The predicted molar refractivity (Wildman–Crippen MR) is 162 cm³/mol. The van der Waals surface area contributed by atoms with Crippen LogP contribution in [0.15, 0.2) is 74.1 Å². The fourth-order valence-corrected chi connectivity index (χ4v) is 4.61. The molecule has 3 aromatic rings. The number of aromatic nitrogens is 1. The van der Waals surface area contributed by atoms with E-state index in [-0.39, 0.29) is 0 Å². The van der Waals surface area contributed by atoms with Gasteiger partial charge in [-0.3, -0.25) is 0 Å². The largest absolute Gasteiger partial charge is 0.387 e. The van der Waals surface area contributed by atoms with Crippen LogP contribution in [0.4, 0.5) is 0 Å². The van der Waals surface area contributed by atoms with Crippen molar-refractivity contribution in [1.29, 1.82) is 0 Å². The third-order valence-electron chi connectivity index (χ3n) is 6.87. The van der Waals surface area contributed by atoms with Gasteiger partial charge in [0.2, 0.25) is 0 Å². The van der Waals surface area contributed by atoms with E-state index in [0.29, 0.717) is 5.02 Å². The summed E-state index contributed by atoms with van der Waals surface area (Å²) in [5.74, 6) is 0. The standard InChI is InChI=1S/C21H19ClN2.C11H22N2/c1-4-15-7-9-18-19(22)12-20(24-21(18)10-15)16-8-6-14(3)17(11-16)13-23-5-2;1-4-5-6-11(2)13-9-7-12(3)8-10-13/h4-12,23H,1-2,13H2,3H3;2,4-10H2,1,3H3. The highest BCUT2D eigenvalue weighted by molar-refractivity contribution is 6.35. The lowest BCUT2D eigenvalue weighted by Gasteiger charge is -2.35. The molecule has 0 unspecified atom stereocenters. The summed E-state index contributed by atoms with van der Waals surface area (Å²) in [5, 5.41) is 4.80. The van der Waals surface area contributed by atoms with Gasteiger partial charge >= 0.3 is 0 Å². The van der Waals surface area contributed by atoms with Crippen LogP contribution >= 0.6 is 11.6 Å². The van der Waals surface area contributed by atoms with E-state index in [1.165, 1.54) is 62.3 Å². The van der Waals surface area contributed by atoms with Crippen LogP contribution in [0.5, 0.6) is 0 Å². The number of fused-ring (bicyclic) bond motifs is 1. The van der Waals surface area contributed by atoms with Crippen molar-refractivity contribution in [3.63, 3.8) is 0 Å². The second-order valence-corrected chi connectivity index (χ2v) is 10.1. The third kappa shape index (κ3) is 7.95. The molecule has 1 aliphatic heterocycles. The molecule has 0 atom stereocenters. The second-order valence-electron chi connectivity index (χ2n) is 9.66. The third-order valence-corrected chi connectivity index (χ3v) is 7.18. The zero-order valence-electron chi connectivity index (χ0n) is 22.7. The Morgan fingerprint density at radius 3 is 2.51 bits per heavy atom. The molecule has 0 bridgehead atoms. The Bertz CT molecular complexity index is 1220.